The van der Waals surface area contributed by atoms with E-state index in [1.165, 1.54) is 141 Å². The Morgan fingerprint density at radius 3 is 1.09 bits per heavy atom. The first-order valence-corrected chi connectivity index (χ1v) is 27.2. The zero-order valence-electron chi connectivity index (χ0n) is 44.7. The van der Waals surface area contributed by atoms with Gasteiger partial charge in [-0.15, -0.1) is 0 Å². The molecular formula is C56H113N5O3S. The maximum absolute atomic E-state index is 5.54. The molecule has 0 aromatic rings. The van der Waals surface area contributed by atoms with E-state index in [0.717, 1.165) is 45.1 Å². The summed E-state index contributed by atoms with van der Waals surface area (Å²) in [6, 6.07) is 0. The molecule has 10 aliphatic rings. The Balaban J connectivity index is 0.000000211. The molecule has 10 rings (SSSR count). The minimum Gasteiger partial charge on any atom is -0.381 e. The minimum absolute atomic E-state index is 0. The molecule has 1 aliphatic carbocycles. The molecule has 9 aliphatic heterocycles. The Morgan fingerprint density at radius 2 is 0.800 bits per heavy atom. The summed E-state index contributed by atoms with van der Waals surface area (Å²) in [5.74, 6) is 2.82. The lowest BCUT2D eigenvalue weighted by Crippen LogP contribution is -2.69. The number of hydrogen-bond acceptors (Lipinski definition) is 9. The van der Waals surface area contributed by atoms with Crippen molar-refractivity contribution < 1.29 is 14.2 Å². The van der Waals surface area contributed by atoms with Gasteiger partial charge in [0, 0.05) is 71.5 Å². The summed E-state index contributed by atoms with van der Waals surface area (Å²) >= 11 is 2.16. The van der Waals surface area contributed by atoms with Crippen molar-refractivity contribution in [1.29, 1.82) is 0 Å². The van der Waals surface area contributed by atoms with Crippen LogP contribution in [0.3, 0.4) is 0 Å². The molecule has 9 heteroatoms. The van der Waals surface area contributed by atoms with Crippen LogP contribution in [-0.2, 0) is 14.2 Å². The molecule has 9 saturated heterocycles. The molecule has 1 saturated carbocycles. The summed E-state index contributed by atoms with van der Waals surface area (Å²) < 4.78 is 16.1. The second-order valence-electron chi connectivity index (χ2n) is 28.2. The van der Waals surface area contributed by atoms with Gasteiger partial charge < -0.3 is 19.5 Å². The zero-order chi connectivity index (χ0) is 46.6. The third-order valence-corrected chi connectivity index (χ3v) is 17.5. The van der Waals surface area contributed by atoms with Crippen LogP contribution < -0.4 is 5.32 Å². The number of rotatable bonds is 0. The predicted octanol–water partition coefficient (Wildman–Crippen LogP) is 12.0. The molecule has 0 amide bonds. The molecule has 5 spiro atoms. The molecule has 1 N–H and O–H groups in total. The van der Waals surface area contributed by atoms with Gasteiger partial charge in [-0.05, 0) is 214 Å². The Hall–Kier alpha value is 0.0300. The van der Waals surface area contributed by atoms with E-state index in [4.69, 9.17) is 14.2 Å². The lowest BCUT2D eigenvalue weighted by molar-refractivity contribution is -0.207. The topological polar surface area (TPSA) is 52.7 Å². The monoisotopic (exact) mass is 936 g/mol. The summed E-state index contributed by atoms with van der Waals surface area (Å²) in [7, 11) is 0. The fourth-order valence-corrected chi connectivity index (χ4v) is 12.3. The van der Waals surface area contributed by atoms with E-state index in [1.807, 2.05) is 0 Å². The standard InChI is InChI=1S/C12H23NO.C11H21NO.C11H21NS.C9H17NO.C6H11N.C5H12.2CH4/c1-11(2,3)13-7-4-12(5-8-13)6-9-14-10-12;1-10(2,3)12-6-4-11(5-7-12)8-13-9-11;1-10(2,3)12-6-4-11(8-12)5-7-13-9-11;1-8(2,3)10-4-9(5-10)6-11-7-9;1-2-6(1)3-4-7-5-6;1-5(2,3)4;;/h4-10H2,1-3H3;2*4-9H2,1-3H3;4-7H2,1-3H3;7H,1-5H2;1-4H3;2*1H4. The normalized spacial score (nSPS) is 28.8. The average molecular weight is 937 g/mol. The highest BCUT2D eigenvalue weighted by molar-refractivity contribution is 7.99. The Bertz CT molecular complexity index is 1340. The quantitative estimate of drug-likeness (QED) is 0.256. The van der Waals surface area contributed by atoms with Gasteiger partial charge in [0.25, 0.3) is 0 Å². The molecule has 10 fully saturated rings. The first-order valence-electron chi connectivity index (χ1n) is 26.0. The lowest BCUT2D eigenvalue weighted by Gasteiger charge is -2.59. The Morgan fingerprint density at radius 1 is 0.400 bits per heavy atom. The summed E-state index contributed by atoms with van der Waals surface area (Å²) in [6.07, 6.45) is 14.0. The van der Waals surface area contributed by atoms with Gasteiger partial charge in [-0.2, -0.15) is 11.8 Å². The summed E-state index contributed by atoms with van der Waals surface area (Å²) in [4.78, 5) is 10.4. The van der Waals surface area contributed by atoms with Gasteiger partial charge in [-0.25, -0.2) is 0 Å². The molecule has 0 bridgehead atoms. The number of piperidine rings is 2. The number of thioether (sulfide) groups is 1. The molecule has 386 valence electrons. The first-order chi connectivity index (χ1) is 29.0. The van der Waals surface area contributed by atoms with Crippen molar-refractivity contribution in [1.82, 2.24) is 24.9 Å². The fourth-order valence-electron chi connectivity index (χ4n) is 10.7. The summed E-state index contributed by atoms with van der Waals surface area (Å²) in [5.41, 5.74) is 5.21. The van der Waals surface area contributed by atoms with Crippen LogP contribution in [0.25, 0.3) is 0 Å². The van der Waals surface area contributed by atoms with Gasteiger partial charge >= 0.3 is 0 Å². The van der Waals surface area contributed by atoms with Crippen molar-refractivity contribution in [2.45, 2.75) is 212 Å². The molecule has 9 heterocycles. The molecule has 8 nitrogen and oxygen atoms in total. The van der Waals surface area contributed by atoms with Gasteiger partial charge in [-0.1, -0.05) is 42.5 Å². The van der Waals surface area contributed by atoms with Gasteiger partial charge in [0.2, 0.25) is 0 Å². The van der Waals surface area contributed by atoms with Crippen molar-refractivity contribution >= 4 is 11.8 Å². The average Bonchev–Trinajstić information content (AvgIpc) is 3.61. The molecule has 1 unspecified atom stereocenters. The van der Waals surface area contributed by atoms with Crippen LogP contribution >= 0.6 is 11.8 Å². The predicted molar refractivity (Wildman–Crippen MR) is 285 cm³/mol. The fraction of sp³-hybridized carbons (Fsp3) is 1.00. The van der Waals surface area contributed by atoms with Crippen LogP contribution in [0.15, 0.2) is 0 Å². The van der Waals surface area contributed by atoms with Crippen LogP contribution in [-0.4, -0.2) is 158 Å². The van der Waals surface area contributed by atoms with Crippen molar-refractivity contribution in [3.8, 4) is 0 Å². The van der Waals surface area contributed by atoms with E-state index in [9.17, 15) is 0 Å². The van der Waals surface area contributed by atoms with Crippen LogP contribution in [0.5, 0.6) is 0 Å². The van der Waals surface area contributed by atoms with E-state index in [0.29, 0.717) is 49.2 Å². The highest BCUT2D eigenvalue weighted by Crippen LogP contribution is 2.50. The molecule has 1 atom stereocenters. The maximum atomic E-state index is 5.54. The van der Waals surface area contributed by atoms with Crippen molar-refractivity contribution in [3.63, 3.8) is 0 Å². The van der Waals surface area contributed by atoms with Crippen LogP contribution in [0, 0.1) is 32.5 Å². The third kappa shape index (κ3) is 18.0. The third-order valence-electron chi connectivity index (χ3n) is 16.2. The van der Waals surface area contributed by atoms with E-state index in [2.05, 4.69) is 147 Å². The van der Waals surface area contributed by atoms with Gasteiger partial charge in [0.1, 0.15) is 0 Å². The molecule has 65 heavy (non-hydrogen) atoms. The number of nitrogens with one attached hydrogen (secondary N) is 1. The van der Waals surface area contributed by atoms with E-state index >= 15 is 0 Å². The smallest absolute Gasteiger partial charge is 0.0569 e. The zero-order valence-corrected chi connectivity index (χ0v) is 45.5. The number of ether oxygens (including phenoxy) is 3. The lowest BCUT2D eigenvalue weighted by atomic mass is 9.75. The number of hydrogen-bond donors (Lipinski definition) is 1. The van der Waals surface area contributed by atoms with E-state index in [1.54, 1.807) is 0 Å². The second kappa shape index (κ2) is 23.1. The molecule has 0 aromatic carbocycles. The summed E-state index contributed by atoms with van der Waals surface area (Å²) in [6.45, 7) is 55.3. The Kier molecular flexibility index (Phi) is 21.1. The molecular weight excluding hydrogens is 823 g/mol. The van der Waals surface area contributed by atoms with Crippen molar-refractivity contribution in [2.24, 2.45) is 32.5 Å². The number of nitrogens with zero attached hydrogens (tertiary/aromatic N) is 4. The van der Waals surface area contributed by atoms with Crippen LogP contribution in [0.1, 0.15) is 190 Å². The van der Waals surface area contributed by atoms with Gasteiger partial charge in [-0.3, -0.25) is 19.6 Å². The SMILES string of the molecule is C.C.C1CC2(CC2)CN1.CC(C)(C)C.CC(C)(C)N1CC2(COC2)C1.CC(C)(C)N1CCC2(CC1)COC2.CC(C)(C)N1CCC2(CCOC2)CC1.CC(C)(C)N1CCC2(CCSC2)C1. The van der Waals surface area contributed by atoms with Crippen LogP contribution in [0.4, 0.5) is 0 Å². The minimum atomic E-state index is 0. The van der Waals surface area contributed by atoms with Gasteiger partial charge in [0.05, 0.1) is 33.0 Å². The van der Waals surface area contributed by atoms with E-state index < -0.39 is 0 Å². The van der Waals surface area contributed by atoms with Crippen LogP contribution in [0.2, 0.25) is 0 Å². The largest absolute Gasteiger partial charge is 0.381 e. The van der Waals surface area contributed by atoms with Crippen molar-refractivity contribution in [2.75, 3.05) is 117 Å². The second-order valence-corrected chi connectivity index (χ2v) is 29.3. The Labute approximate surface area is 410 Å². The highest BCUT2D eigenvalue weighted by Gasteiger charge is 2.52. The number of likely N-dealkylation sites (tertiary alicyclic amines) is 4. The van der Waals surface area contributed by atoms with Crippen molar-refractivity contribution in [3.05, 3.63) is 0 Å². The molecule has 0 radical (unpaired) electrons. The maximum Gasteiger partial charge on any atom is 0.0569 e. The first kappa shape index (κ1) is 59.3. The molecule has 0 aromatic heterocycles. The van der Waals surface area contributed by atoms with Gasteiger partial charge in [0.15, 0.2) is 0 Å². The van der Waals surface area contributed by atoms with E-state index in [-0.39, 0.29) is 14.9 Å². The summed E-state index contributed by atoms with van der Waals surface area (Å²) in [5, 5.41) is 3.38. The highest BCUT2D eigenvalue weighted by atomic mass is 32.2.